The van der Waals surface area contributed by atoms with E-state index in [9.17, 15) is 9.59 Å². The molecule has 1 aliphatic heterocycles. The Kier molecular flexibility index (Phi) is 7.42. The monoisotopic (exact) mass is 393 g/mol. The molecule has 0 saturated carbocycles. The zero-order valence-corrected chi connectivity index (χ0v) is 17.5. The van der Waals surface area contributed by atoms with Gasteiger partial charge >= 0.3 is 0 Å². The zero-order chi connectivity index (χ0) is 20.6. The van der Waals surface area contributed by atoms with Crippen LogP contribution in [0.15, 0.2) is 42.5 Å². The number of nitrogens with one attached hydrogen (secondary N) is 2. The highest BCUT2D eigenvalue weighted by atomic mass is 16.2. The molecule has 2 aromatic carbocycles. The molecule has 2 N–H and O–H groups in total. The number of likely N-dealkylation sites (tertiary alicyclic amines) is 1. The van der Waals surface area contributed by atoms with Gasteiger partial charge in [-0.3, -0.25) is 14.5 Å². The summed E-state index contributed by atoms with van der Waals surface area (Å²) in [5, 5.41) is 5.90. The Labute approximate surface area is 173 Å². The molecule has 1 saturated heterocycles. The zero-order valence-electron chi connectivity index (χ0n) is 17.5. The molecular weight excluding hydrogens is 362 g/mol. The number of hydrogen-bond donors (Lipinski definition) is 2. The molecule has 0 unspecified atom stereocenters. The van der Waals surface area contributed by atoms with Crippen LogP contribution in [0.3, 0.4) is 0 Å². The molecule has 2 aromatic rings. The van der Waals surface area contributed by atoms with Crippen molar-refractivity contribution in [2.45, 2.75) is 46.0 Å². The summed E-state index contributed by atoms with van der Waals surface area (Å²) in [5.74, 6) is -0.0718. The molecule has 0 spiro atoms. The van der Waals surface area contributed by atoms with Gasteiger partial charge in [-0.05, 0) is 69.1 Å². The van der Waals surface area contributed by atoms with Gasteiger partial charge in [-0.1, -0.05) is 42.7 Å². The minimum atomic E-state index is -0.0632. The third kappa shape index (κ3) is 6.71. The Morgan fingerprint density at radius 3 is 2.21 bits per heavy atom. The molecule has 1 heterocycles. The Morgan fingerprint density at radius 1 is 0.862 bits per heavy atom. The number of carbonyl (C=O) groups excluding carboxylic acids is 2. The van der Waals surface area contributed by atoms with E-state index < -0.39 is 0 Å². The summed E-state index contributed by atoms with van der Waals surface area (Å²) in [5.41, 5.74) is 4.68. The van der Waals surface area contributed by atoms with E-state index in [1.165, 1.54) is 12.8 Å². The van der Waals surface area contributed by atoms with E-state index in [1.54, 1.807) is 6.07 Å². The van der Waals surface area contributed by atoms with Crippen molar-refractivity contribution in [2.75, 3.05) is 30.3 Å². The summed E-state index contributed by atoms with van der Waals surface area (Å²) in [7, 11) is 0. The number of benzene rings is 2. The number of aryl methyl sites for hydroxylation is 2. The number of hydrogen-bond acceptors (Lipinski definition) is 3. The van der Waals surface area contributed by atoms with Crippen LogP contribution in [0.2, 0.25) is 0 Å². The van der Waals surface area contributed by atoms with Crippen molar-refractivity contribution in [2.24, 2.45) is 0 Å². The maximum Gasteiger partial charge on any atom is 0.238 e. The fraction of sp³-hybridized carbons (Fsp3) is 0.417. The van der Waals surface area contributed by atoms with E-state index in [0.29, 0.717) is 24.3 Å². The van der Waals surface area contributed by atoms with Gasteiger partial charge in [-0.25, -0.2) is 0 Å². The van der Waals surface area contributed by atoms with E-state index in [4.69, 9.17) is 0 Å². The summed E-state index contributed by atoms with van der Waals surface area (Å²) in [6, 6.07) is 13.5. The smallest absolute Gasteiger partial charge is 0.238 e. The normalized spacial score (nSPS) is 14.8. The van der Waals surface area contributed by atoms with Crippen LogP contribution in [0.5, 0.6) is 0 Å². The quantitative estimate of drug-likeness (QED) is 0.769. The van der Waals surface area contributed by atoms with Crippen molar-refractivity contribution in [3.05, 3.63) is 59.2 Å². The topological polar surface area (TPSA) is 61.4 Å². The average molecular weight is 394 g/mol. The fourth-order valence-electron chi connectivity index (χ4n) is 3.74. The number of anilines is 2. The number of nitrogens with zero attached hydrogens (tertiary/aromatic N) is 1. The van der Waals surface area contributed by atoms with Gasteiger partial charge in [0.25, 0.3) is 0 Å². The summed E-state index contributed by atoms with van der Waals surface area (Å²) < 4.78 is 0. The van der Waals surface area contributed by atoms with Crippen molar-refractivity contribution in [3.63, 3.8) is 0 Å². The Hall–Kier alpha value is -2.66. The van der Waals surface area contributed by atoms with Crippen LogP contribution in [-0.2, 0) is 16.0 Å². The fourth-order valence-corrected chi connectivity index (χ4v) is 3.74. The molecule has 0 aliphatic carbocycles. The van der Waals surface area contributed by atoms with Crippen molar-refractivity contribution in [1.29, 1.82) is 0 Å². The first-order valence-corrected chi connectivity index (χ1v) is 10.5. The molecule has 0 radical (unpaired) electrons. The molecular formula is C24H31N3O2. The summed E-state index contributed by atoms with van der Waals surface area (Å²) in [6.07, 6.45) is 5.16. The molecule has 2 amide bonds. The lowest BCUT2D eigenvalue weighted by atomic mass is 10.0. The van der Waals surface area contributed by atoms with Gasteiger partial charge in [0.2, 0.25) is 11.8 Å². The van der Waals surface area contributed by atoms with E-state index in [2.05, 4.69) is 21.6 Å². The third-order valence-corrected chi connectivity index (χ3v) is 5.35. The highest BCUT2D eigenvalue weighted by molar-refractivity contribution is 5.95. The molecule has 0 bridgehead atoms. The van der Waals surface area contributed by atoms with Gasteiger partial charge in [0.15, 0.2) is 0 Å². The van der Waals surface area contributed by atoms with E-state index >= 15 is 0 Å². The van der Waals surface area contributed by atoms with Gasteiger partial charge in [-0.15, -0.1) is 0 Å². The first kappa shape index (κ1) is 21.1. The van der Waals surface area contributed by atoms with Crippen LogP contribution in [0.4, 0.5) is 11.4 Å². The molecule has 1 fully saturated rings. The first-order valence-electron chi connectivity index (χ1n) is 10.5. The van der Waals surface area contributed by atoms with Gasteiger partial charge < -0.3 is 10.6 Å². The third-order valence-electron chi connectivity index (χ3n) is 5.35. The molecule has 0 atom stereocenters. The minimum Gasteiger partial charge on any atom is -0.326 e. The van der Waals surface area contributed by atoms with Crippen molar-refractivity contribution < 1.29 is 9.59 Å². The van der Waals surface area contributed by atoms with Crippen LogP contribution < -0.4 is 10.6 Å². The Morgan fingerprint density at radius 2 is 1.52 bits per heavy atom. The van der Waals surface area contributed by atoms with E-state index in [-0.39, 0.29) is 11.8 Å². The minimum absolute atomic E-state index is 0.00855. The van der Waals surface area contributed by atoms with Crippen molar-refractivity contribution >= 4 is 23.2 Å². The molecule has 0 aromatic heterocycles. The predicted molar refractivity (Wildman–Crippen MR) is 118 cm³/mol. The van der Waals surface area contributed by atoms with Crippen LogP contribution >= 0.6 is 0 Å². The lowest BCUT2D eigenvalue weighted by Gasteiger charge is -2.19. The van der Waals surface area contributed by atoms with Gasteiger partial charge in [0.05, 0.1) is 13.0 Å². The summed E-state index contributed by atoms with van der Waals surface area (Å²) in [6.45, 7) is 6.44. The molecule has 29 heavy (non-hydrogen) atoms. The summed E-state index contributed by atoms with van der Waals surface area (Å²) >= 11 is 0. The van der Waals surface area contributed by atoms with Crippen molar-refractivity contribution in [1.82, 2.24) is 4.90 Å². The number of rotatable bonds is 6. The molecule has 5 nitrogen and oxygen atoms in total. The molecule has 3 rings (SSSR count). The molecule has 154 valence electrons. The van der Waals surface area contributed by atoms with E-state index in [1.807, 2.05) is 44.2 Å². The second-order valence-electron chi connectivity index (χ2n) is 7.97. The van der Waals surface area contributed by atoms with Gasteiger partial charge in [0, 0.05) is 11.4 Å². The number of amides is 2. The lowest BCUT2D eigenvalue weighted by Crippen LogP contribution is -2.33. The summed E-state index contributed by atoms with van der Waals surface area (Å²) in [4.78, 5) is 27.1. The molecule has 5 heteroatoms. The van der Waals surface area contributed by atoms with Crippen LogP contribution in [0.1, 0.15) is 42.4 Å². The standard InChI is InChI=1S/C24H31N3O2/c1-18-10-11-19(2)20(14-18)15-23(28)25-21-8-7-9-22(16-21)26-24(29)17-27-12-5-3-4-6-13-27/h7-11,14,16H,3-6,12-13,15,17H2,1-2H3,(H,25,28)(H,26,29). The van der Waals surface area contributed by atoms with Gasteiger partial charge in [-0.2, -0.15) is 0 Å². The maximum absolute atomic E-state index is 12.5. The predicted octanol–water partition coefficient (Wildman–Crippen LogP) is 4.30. The first-order chi connectivity index (χ1) is 14.0. The van der Waals surface area contributed by atoms with Crippen LogP contribution in [0, 0.1) is 13.8 Å². The van der Waals surface area contributed by atoms with Crippen LogP contribution in [0.25, 0.3) is 0 Å². The molecule has 1 aliphatic rings. The Bertz CT molecular complexity index is 855. The average Bonchev–Trinajstić information content (AvgIpc) is 2.93. The van der Waals surface area contributed by atoms with E-state index in [0.717, 1.165) is 42.6 Å². The highest BCUT2D eigenvalue weighted by Crippen LogP contribution is 2.17. The highest BCUT2D eigenvalue weighted by Gasteiger charge is 2.13. The lowest BCUT2D eigenvalue weighted by molar-refractivity contribution is -0.117. The second-order valence-corrected chi connectivity index (χ2v) is 7.97. The maximum atomic E-state index is 12.5. The van der Waals surface area contributed by atoms with Gasteiger partial charge in [0.1, 0.15) is 0 Å². The number of carbonyl (C=O) groups is 2. The largest absolute Gasteiger partial charge is 0.326 e. The van der Waals surface area contributed by atoms with Crippen molar-refractivity contribution in [3.8, 4) is 0 Å². The van der Waals surface area contributed by atoms with Crippen LogP contribution in [-0.4, -0.2) is 36.3 Å². The Balaban J connectivity index is 1.55. The SMILES string of the molecule is Cc1ccc(C)c(CC(=O)Nc2cccc(NC(=O)CN3CCCCCC3)c2)c1. The second kappa shape index (κ2) is 10.2.